The van der Waals surface area contributed by atoms with Crippen LogP contribution in [0.5, 0.6) is 0 Å². The van der Waals surface area contributed by atoms with Crippen LogP contribution in [0.25, 0.3) is 10.9 Å². The molecule has 1 atom stereocenters. The number of nitrogens with zero attached hydrogens (tertiary/aromatic N) is 2. The van der Waals surface area contributed by atoms with Crippen LogP contribution in [0.2, 0.25) is 0 Å². The molecular formula is C16H19N3O2. The molecule has 1 aromatic heterocycles. The molecule has 0 bridgehead atoms. The molecule has 1 aliphatic rings. The van der Waals surface area contributed by atoms with Crippen molar-refractivity contribution in [3.05, 3.63) is 46.1 Å². The molecule has 0 spiro atoms. The van der Waals surface area contributed by atoms with Gasteiger partial charge < -0.3 is 5.32 Å². The van der Waals surface area contributed by atoms with E-state index in [-0.39, 0.29) is 10.6 Å². The monoisotopic (exact) mass is 285 g/mol. The molecule has 3 rings (SSSR count). The van der Waals surface area contributed by atoms with E-state index in [4.69, 9.17) is 0 Å². The predicted molar refractivity (Wildman–Crippen MR) is 82.3 cm³/mol. The molecule has 1 fully saturated rings. The van der Waals surface area contributed by atoms with Crippen molar-refractivity contribution in [2.24, 2.45) is 5.92 Å². The van der Waals surface area contributed by atoms with Gasteiger partial charge in [-0.1, -0.05) is 6.92 Å². The van der Waals surface area contributed by atoms with Crippen LogP contribution >= 0.6 is 0 Å². The number of nitro benzene ring substituents is 1. The highest BCUT2D eigenvalue weighted by atomic mass is 16.6. The number of hydrogen-bond acceptors (Lipinski definition) is 4. The van der Waals surface area contributed by atoms with Crippen LogP contribution in [0.4, 0.5) is 5.69 Å². The normalized spacial score (nSPS) is 16.0. The summed E-state index contributed by atoms with van der Waals surface area (Å²) >= 11 is 0. The van der Waals surface area contributed by atoms with Crippen molar-refractivity contribution in [1.29, 1.82) is 0 Å². The molecule has 1 heterocycles. The molecular weight excluding hydrogens is 266 g/mol. The van der Waals surface area contributed by atoms with Gasteiger partial charge in [-0.25, -0.2) is 0 Å². The van der Waals surface area contributed by atoms with Gasteiger partial charge in [-0.15, -0.1) is 0 Å². The molecule has 110 valence electrons. The van der Waals surface area contributed by atoms with Gasteiger partial charge in [0, 0.05) is 17.8 Å². The Balaban J connectivity index is 2.00. The van der Waals surface area contributed by atoms with E-state index in [0.717, 1.165) is 12.1 Å². The summed E-state index contributed by atoms with van der Waals surface area (Å²) in [5.41, 5.74) is 1.70. The minimum absolute atomic E-state index is 0.212. The standard InChI is InChI=1S/C16H19N3O2/c1-2-17-15(11-5-6-11)10-12-7-8-14-13(4-3-9-18-14)16(12)19(20)21/h3-4,7-9,11,15,17H,2,5-6,10H2,1H3. The van der Waals surface area contributed by atoms with Crippen LogP contribution in [0, 0.1) is 16.0 Å². The van der Waals surface area contributed by atoms with Gasteiger partial charge in [0.05, 0.1) is 15.8 Å². The number of nitrogens with one attached hydrogen (secondary N) is 1. The molecule has 1 saturated carbocycles. The van der Waals surface area contributed by atoms with Gasteiger partial charge in [0.15, 0.2) is 0 Å². The highest BCUT2D eigenvalue weighted by Gasteiger charge is 2.32. The molecule has 5 heteroatoms. The molecule has 1 N–H and O–H groups in total. The van der Waals surface area contributed by atoms with Crippen molar-refractivity contribution >= 4 is 16.6 Å². The average molecular weight is 285 g/mol. The summed E-state index contributed by atoms with van der Waals surface area (Å²) in [4.78, 5) is 15.5. The summed E-state index contributed by atoms with van der Waals surface area (Å²) in [5.74, 6) is 0.661. The number of aromatic nitrogens is 1. The van der Waals surface area contributed by atoms with Crippen molar-refractivity contribution in [2.75, 3.05) is 6.54 Å². The first-order valence-corrected chi connectivity index (χ1v) is 7.45. The lowest BCUT2D eigenvalue weighted by Gasteiger charge is -2.17. The van der Waals surface area contributed by atoms with Gasteiger partial charge >= 0.3 is 0 Å². The molecule has 0 saturated heterocycles. The van der Waals surface area contributed by atoms with Crippen LogP contribution in [0.15, 0.2) is 30.5 Å². The van der Waals surface area contributed by atoms with Gasteiger partial charge in [0.1, 0.15) is 0 Å². The minimum atomic E-state index is -0.269. The highest BCUT2D eigenvalue weighted by molar-refractivity contribution is 5.89. The maximum absolute atomic E-state index is 11.5. The first-order valence-electron chi connectivity index (χ1n) is 7.45. The predicted octanol–water partition coefficient (Wildman–Crippen LogP) is 3.07. The van der Waals surface area contributed by atoms with E-state index in [2.05, 4.69) is 17.2 Å². The number of fused-ring (bicyclic) bond motifs is 1. The van der Waals surface area contributed by atoms with Crippen LogP contribution in [-0.2, 0) is 6.42 Å². The lowest BCUT2D eigenvalue weighted by Crippen LogP contribution is -2.33. The lowest BCUT2D eigenvalue weighted by atomic mass is 9.98. The van der Waals surface area contributed by atoms with E-state index in [9.17, 15) is 10.1 Å². The first-order chi connectivity index (χ1) is 10.2. The Morgan fingerprint density at radius 1 is 1.43 bits per heavy atom. The smallest absolute Gasteiger partial charge is 0.281 e. The zero-order chi connectivity index (χ0) is 14.8. The summed E-state index contributed by atoms with van der Waals surface area (Å²) in [6.45, 7) is 2.97. The van der Waals surface area contributed by atoms with E-state index < -0.39 is 0 Å². The van der Waals surface area contributed by atoms with Crippen molar-refractivity contribution in [3.63, 3.8) is 0 Å². The fraction of sp³-hybridized carbons (Fsp3) is 0.438. The summed E-state index contributed by atoms with van der Waals surface area (Å²) in [5, 5.41) is 15.6. The topological polar surface area (TPSA) is 68.1 Å². The molecule has 2 aromatic rings. The Morgan fingerprint density at radius 2 is 2.24 bits per heavy atom. The van der Waals surface area contributed by atoms with E-state index in [1.54, 1.807) is 18.3 Å². The summed E-state index contributed by atoms with van der Waals surface area (Å²) in [6.07, 6.45) is 4.82. The summed E-state index contributed by atoms with van der Waals surface area (Å²) in [6, 6.07) is 7.61. The van der Waals surface area contributed by atoms with E-state index >= 15 is 0 Å². The third kappa shape index (κ3) is 2.88. The van der Waals surface area contributed by atoms with Gasteiger partial charge in [0.2, 0.25) is 0 Å². The summed E-state index contributed by atoms with van der Waals surface area (Å²) in [7, 11) is 0. The second-order valence-corrected chi connectivity index (χ2v) is 5.61. The molecule has 5 nitrogen and oxygen atoms in total. The van der Waals surface area contributed by atoms with E-state index in [1.807, 2.05) is 12.1 Å². The van der Waals surface area contributed by atoms with Gasteiger partial charge in [-0.05, 0) is 56.0 Å². The third-order valence-electron chi connectivity index (χ3n) is 4.12. The second-order valence-electron chi connectivity index (χ2n) is 5.61. The van der Waals surface area contributed by atoms with Crippen LogP contribution in [0.3, 0.4) is 0 Å². The molecule has 0 aliphatic heterocycles. The maximum atomic E-state index is 11.5. The Kier molecular flexibility index (Phi) is 3.84. The Bertz CT molecular complexity index is 668. The molecule has 0 amide bonds. The zero-order valence-electron chi connectivity index (χ0n) is 12.1. The number of nitro groups is 1. The van der Waals surface area contributed by atoms with Gasteiger partial charge in [-0.2, -0.15) is 0 Å². The maximum Gasteiger partial charge on any atom is 0.281 e. The minimum Gasteiger partial charge on any atom is -0.314 e. The second kappa shape index (κ2) is 5.77. The molecule has 1 unspecified atom stereocenters. The zero-order valence-corrected chi connectivity index (χ0v) is 12.1. The Morgan fingerprint density at radius 3 is 2.90 bits per heavy atom. The van der Waals surface area contributed by atoms with Crippen LogP contribution in [-0.4, -0.2) is 22.5 Å². The molecule has 21 heavy (non-hydrogen) atoms. The number of hydrogen-bond donors (Lipinski definition) is 1. The third-order valence-corrected chi connectivity index (χ3v) is 4.12. The number of pyridine rings is 1. The fourth-order valence-electron chi connectivity index (χ4n) is 2.97. The van der Waals surface area contributed by atoms with E-state index in [0.29, 0.717) is 29.3 Å². The van der Waals surface area contributed by atoms with Gasteiger partial charge in [-0.3, -0.25) is 15.1 Å². The van der Waals surface area contributed by atoms with Crippen molar-refractivity contribution < 1.29 is 4.92 Å². The number of likely N-dealkylation sites (N-methyl/N-ethyl adjacent to an activating group) is 1. The quantitative estimate of drug-likeness (QED) is 0.654. The lowest BCUT2D eigenvalue weighted by molar-refractivity contribution is -0.383. The first kappa shape index (κ1) is 13.9. The average Bonchev–Trinajstić information content (AvgIpc) is 3.30. The molecule has 1 aliphatic carbocycles. The van der Waals surface area contributed by atoms with Crippen molar-refractivity contribution in [2.45, 2.75) is 32.2 Å². The van der Waals surface area contributed by atoms with Crippen LogP contribution < -0.4 is 5.32 Å². The SMILES string of the molecule is CCNC(Cc1ccc2ncccc2c1[N+](=O)[O-])C1CC1. The summed E-state index contributed by atoms with van der Waals surface area (Å²) < 4.78 is 0. The fourth-order valence-corrected chi connectivity index (χ4v) is 2.97. The Hall–Kier alpha value is -2.01. The number of rotatable bonds is 6. The highest BCUT2D eigenvalue weighted by Crippen LogP contribution is 2.36. The van der Waals surface area contributed by atoms with Gasteiger partial charge in [0.25, 0.3) is 5.69 Å². The largest absolute Gasteiger partial charge is 0.314 e. The van der Waals surface area contributed by atoms with E-state index in [1.165, 1.54) is 12.8 Å². The number of benzene rings is 1. The van der Waals surface area contributed by atoms with Crippen molar-refractivity contribution in [3.8, 4) is 0 Å². The molecule has 0 radical (unpaired) electrons. The Labute approximate surface area is 123 Å². The van der Waals surface area contributed by atoms with Crippen molar-refractivity contribution in [1.82, 2.24) is 10.3 Å². The molecule has 1 aromatic carbocycles. The van der Waals surface area contributed by atoms with Crippen LogP contribution in [0.1, 0.15) is 25.3 Å².